The van der Waals surface area contributed by atoms with E-state index >= 15 is 0 Å². The van der Waals surface area contributed by atoms with E-state index in [4.69, 9.17) is 0 Å². The minimum absolute atomic E-state index is 0.707. The summed E-state index contributed by atoms with van der Waals surface area (Å²) in [6, 6.07) is 0.707. The van der Waals surface area contributed by atoms with Crippen molar-refractivity contribution in [2.75, 3.05) is 26.2 Å². The Morgan fingerprint density at radius 1 is 1.29 bits per heavy atom. The van der Waals surface area contributed by atoms with Gasteiger partial charge in [-0.3, -0.25) is 0 Å². The number of rotatable bonds is 5. The number of nitrogens with one attached hydrogen (secondary N) is 1. The van der Waals surface area contributed by atoms with Gasteiger partial charge in [-0.2, -0.15) is 0 Å². The predicted octanol–water partition coefficient (Wildman–Crippen LogP) is 2.11. The Morgan fingerprint density at radius 3 is 2.43 bits per heavy atom. The molecule has 2 nitrogen and oxygen atoms in total. The maximum atomic E-state index is 3.50. The lowest BCUT2D eigenvalue weighted by Gasteiger charge is -2.32. The second-order valence-corrected chi connectivity index (χ2v) is 4.57. The Bertz CT molecular complexity index is 139. The molecule has 1 heterocycles. The first-order valence-electron chi connectivity index (χ1n) is 6.22. The molecular formula is C12H26N2. The fourth-order valence-electron chi connectivity index (χ4n) is 2.47. The van der Waals surface area contributed by atoms with Gasteiger partial charge >= 0.3 is 0 Å². The van der Waals surface area contributed by atoms with Gasteiger partial charge < -0.3 is 10.2 Å². The third-order valence-corrected chi connectivity index (χ3v) is 3.39. The third-order valence-electron chi connectivity index (χ3n) is 3.39. The number of nitrogens with zero attached hydrogens (tertiary/aromatic N) is 1. The van der Waals surface area contributed by atoms with Gasteiger partial charge in [0.15, 0.2) is 0 Å². The van der Waals surface area contributed by atoms with Crippen LogP contribution in [0.15, 0.2) is 0 Å². The highest BCUT2D eigenvalue weighted by molar-refractivity contribution is 4.75. The number of piperidine rings is 1. The normalized spacial score (nSPS) is 22.5. The largest absolute Gasteiger partial charge is 0.315 e. The van der Waals surface area contributed by atoms with E-state index in [0.717, 1.165) is 12.5 Å². The molecule has 1 unspecified atom stereocenters. The summed E-state index contributed by atoms with van der Waals surface area (Å²) in [6.07, 6.45) is 4.18. The Hall–Kier alpha value is -0.0800. The van der Waals surface area contributed by atoms with E-state index in [0.29, 0.717) is 6.04 Å². The molecule has 1 saturated heterocycles. The summed E-state index contributed by atoms with van der Waals surface area (Å²) in [5, 5.41) is 3.50. The molecule has 0 aromatic rings. The van der Waals surface area contributed by atoms with E-state index in [9.17, 15) is 0 Å². The molecule has 1 aliphatic rings. The van der Waals surface area contributed by atoms with E-state index in [1.165, 1.54) is 38.9 Å². The maximum absolute atomic E-state index is 3.50. The van der Waals surface area contributed by atoms with Crippen molar-refractivity contribution in [3.8, 4) is 0 Å². The van der Waals surface area contributed by atoms with Crippen LogP contribution in [0.3, 0.4) is 0 Å². The summed E-state index contributed by atoms with van der Waals surface area (Å²) in [7, 11) is 0. The SMILES string of the molecule is CCNC(C)CC1CCN(CC)CC1. The van der Waals surface area contributed by atoms with Crippen LogP contribution in [0.4, 0.5) is 0 Å². The molecule has 0 aromatic carbocycles. The second kappa shape index (κ2) is 6.41. The smallest absolute Gasteiger partial charge is 0.00412 e. The van der Waals surface area contributed by atoms with E-state index < -0.39 is 0 Å². The molecule has 84 valence electrons. The second-order valence-electron chi connectivity index (χ2n) is 4.57. The van der Waals surface area contributed by atoms with Crippen molar-refractivity contribution in [3.05, 3.63) is 0 Å². The standard InChI is InChI=1S/C12H26N2/c1-4-13-11(3)10-12-6-8-14(5-2)9-7-12/h11-13H,4-10H2,1-3H3. The van der Waals surface area contributed by atoms with Gasteiger partial charge in [0.2, 0.25) is 0 Å². The Balaban J connectivity index is 2.15. The van der Waals surface area contributed by atoms with Crippen LogP contribution in [0.25, 0.3) is 0 Å². The number of hydrogen-bond donors (Lipinski definition) is 1. The van der Waals surface area contributed by atoms with Crippen molar-refractivity contribution in [1.29, 1.82) is 0 Å². The summed E-state index contributed by atoms with van der Waals surface area (Å²) in [5.41, 5.74) is 0. The molecule has 1 fully saturated rings. The van der Waals surface area contributed by atoms with E-state index in [-0.39, 0.29) is 0 Å². The van der Waals surface area contributed by atoms with Crippen molar-refractivity contribution in [3.63, 3.8) is 0 Å². The van der Waals surface area contributed by atoms with Crippen molar-refractivity contribution in [1.82, 2.24) is 10.2 Å². The van der Waals surface area contributed by atoms with Gasteiger partial charge in [-0.25, -0.2) is 0 Å². The molecule has 1 N–H and O–H groups in total. The molecule has 0 spiro atoms. The molecule has 1 rings (SSSR count). The molecule has 2 heteroatoms. The number of likely N-dealkylation sites (tertiary alicyclic amines) is 1. The summed E-state index contributed by atoms with van der Waals surface area (Å²) < 4.78 is 0. The zero-order valence-corrected chi connectivity index (χ0v) is 10.1. The quantitative estimate of drug-likeness (QED) is 0.728. The summed E-state index contributed by atoms with van der Waals surface area (Å²) >= 11 is 0. The van der Waals surface area contributed by atoms with Crippen LogP contribution in [-0.2, 0) is 0 Å². The first-order valence-corrected chi connectivity index (χ1v) is 6.22. The van der Waals surface area contributed by atoms with Crippen molar-refractivity contribution >= 4 is 0 Å². The zero-order valence-electron chi connectivity index (χ0n) is 10.1. The Kier molecular flexibility index (Phi) is 5.49. The van der Waals surface area contributed by atoms with Crippen LogP contribution < -0.4 is 5.32 Å². The van der Waals surface area contributed by atoms with Gasteiger partial charge in [0, 0.05) is 6.04 Å². The minimum atomic E-state index is 0.707. The van der Waals surface area contributed by atoms with Gasteiger partial charge in [0.25, 0.3) is 0 Å². The van der Waals surface area contributed by atoms with Crippen LogP contribution in [0.2, 0.25) is 0 Å². The van der Waals surface area contributed by atoms with Crippen LogP contribution >= 0.6 is 0 Å². The van der Waals surface area contributed by atoms with Crippen LogP contribution in [0, 0.1) is 5.92 Å². The molecule has 14 heavy (non-hydrogen) atoms. The summed E-state index contributed by atoms with van der Waals surface area (Å²) in [6.45, 7) is 11.7. The molecule has 1 atom stereocenters. The minimum Gasteiger partial charge on any atom is -0.315 e. The average Bonchev–Trinajstić information content (AvgIpc) is 2.19. The molecule has 0 radical (unpaired) electrons. The van der Waals surface area contributed by atoms with Crippen molar-refractivity contribution in [2.45, 2.75) is 46.1 Å². The van der Waals surface area contributed by atoms with Crippen LogP contribution in [-0.4, -0.2) is 37.1 Å². The Labute approximate surface area is 89.1 Å². The van der Waals surface area contributed by atoms with Crippen molar-refractivity contribution in [2.24, 2.45) is 5.92 Å². The first-order chi connectivity index (χ1) is 6.76. The maximum Gasteiger partial charge on any atom is 0.00412 e. The van der Waals surface area contributed by atoms with Crippen LogP contribution in [0.1, 0.15) is 40.0 Å². The topological polar surface area (TPSA) is 15.3 Å². The molecule has 0 aromatic heterocycles. The molecule has 0 saturated carbocycles. The highest BCUT2D eigenvalue weighted by atomic mass is 15.1. The van der Waals surface area contributed by atoms with E-state index in [1.807, 2.05) is 0 Å². The predicted molar refractivity (Wildman–Crippen MR) is 62.6 cm³/mol. The monoisotopic (exact) mass is 198 g/mol. The highest BCUT2D eigenvalue weighted by Crippen LogP contribution is 2.21. The van der Waals surface area contributed by atoms with Gasteiger partial charge in [-0.15, -0.1) is 0 Å². The van der Waals surface area contributed by atoms with Gasteiger partial charge in [0.1, 0.15) is 0 Å². The summed E-state index contributed by atoms with van der Waals surface area (Å²) in [4.78, 5) is 2.56. The third kappa shape index (κ3) is 3.97. The van der Waals surface area contributed by atoms with E-state index in [1.54, 1.807) is 0 Å². The van der Waals surface area contributed by atoms with E-state index in [2.05, 4.69) is 31.0 Å². The van der Waals surface area contributed by atoms with Gasteiger partial charge in [-0.05, 0) is 58.3 Å². The number of hydrogen-bond acceptors (Lipinski definition) is 2. The van der Waals surface area contributed by atoms with Crippen LogP contribution in [0.5, 0.6) is 0 Å². The molecule has 0 aliphatic carbocycles. The lowest BCUT2D eigenvalue weighted by atomic mass is 9.90. The zero-order chi connectivity index (χ0) is 10.4. The van der Waals surface area contributed by atoms with Crippen molar-refractivity contribution < 1.29 is 0 Å². The average molecular weight is 198 g/mol. The molecule has 0 amide bonds. The first kappa shape index (κ1) is 12.0. The Morgan fingerprint density at radius 2 is 1.93 bits per heavy atom. The molecule has 1 aliphatic heterocycles. The molecular weight excluding hydrogens is 172 g/mol. The van der Waals surface area contributed by atoms with Gasteiger partial charge in [-0.1, -0.05) is 13.8 Å². The lowest BCUT2D eigenvalue weighted by molar-refractivity contribution is 0.179. The molecule has 0 bridgehead atoms. The highest BCUT2D eigenvalue weighted by Gasteiger charge is 2.19. The lowest BCUT2D eigenvalue weighted by Crippen LogP contribution is -2.36. The fraction of sp³-hybridized carbons (Fsp3) is 1.00. The van der Waals surface area contributed by atoms with Gasteiger partial charge in [0.05, 0.1) is 0 Å². The fourth-order valence-corrected chi connectivity index (χ4v) is 2.47. The summed E-state index contributed by atoms with van der Waals surface area (Å²) in [5.74, 6) is 0.965.